The molecule has 1 unspecified atom stereocenters. The molecule has 1 atom stereocenters. The molecule has 1 fully saturated rings. The first-order chi connectivity index (χ1) is 12.0. The van der Waals surface area contributed by atoms with Gasteiger partial charge in [-0.15, -0.1) is 0 Å². The van der Waals surface area contributed by atoms with Crippen LogP contribution in [0.5, 0.6) is 5.75 Å². The maximum atomic E-state index is 12.5. The second-order valence-corrected chi connectivity index (χ2v) is 8.74. The Morgan fingerprint density at radius 2 is 1.69 bits per heavy atom. The maximum Gasteiger partial charge on any atom is 0.480 e. The van der Waals surface area contributed by atoms with Crippen molar-refractivity contribution < 1.29 is 39.5 Å². The number of benzene rings is 2. The SMILES string of the molecule is O=S(=O)([N-]S(=O)(=O)C(F)(F)F)c1cccc2c(OCC3CO3)cccc12. The molecule has 1 aliphatic rings. The summed E-state index contributed by atoms with van der Waals surface area (Å²) in [6, 6.07) is 8.02. The minimum atomic E-state index is -6.21. The van der Waals surface area contributed by atoms with E-state index in [0.717, 1.165) is 6.07 Å². The van der Waals surface area contributed by atoms with E-state index in [2.05, 4.69) is 4.13 Å². The summed E-state index contributed by atoms with van der Waals surface area (Å²) in [4.78, 5) is -0.670. The summed E-state index contributed by atoms with van der Waals surface area (Å²) >= 11 is 0. The number of epoxide rings is 1. The molecule has 2 aromatic carbocycles. The van der Waals surface area contributed by atoms with E-state index in [9.17, 15) is 30.0 Å². The van der Waals surface area contributed by atoms with Crippen LogP contribution in [0, 0.1) is 0 Å². The fraction of sp³-hybridized carbons (Fsp3) is 0.286. The fourth-order valence-corrected chi connectivity index (χ4v) is 4.56. The van der Waals surface area contributed by atoms with Crippen LogP contribution in [0.3, 0.4) is 0 Å². The lowest BCUT2D eigenvalue weighted by Crippen LogP contribution is -2.24. The zero-order chi connectivity index (χ0) is 19.2. The summed E-state index contributed by atoms with van der Waals surface area (Å²) in [5, 5.41) is 0.275. The van der Waals surface area contributed by atoms with Crippen LogP contribution >= 0.6 is 0 Å². The molecule has 0 aliphatic carbocycles. The van der Waals surface area contributed by atoms with Crippen molar-refractivity contribution >= 4 is 30.8 Å². The van der Waals surface area contributed by atoms with Crippen LogP contribution in [-0.4, -0.2) is 41.7 Å². The lowest BCUT2D eigenvalue weighted by Gasteiger charge is -2.23. The molecule has 0 radical (unpaired) electrons. The molecule has 2 aromatic rings. The van der Waals surface area contributed by atoms with E-state index in [1.54, 1.807) is 6.07 Å². The number of halogens is 3. The van der Waals surface area contributed by atoms with Crippen molar-refractivity contribution in [3.63, 3.8) is 0 Å². The van der Waals surface area contributed by atoms with E-state index in [1.165, 1.54) is 24.3 Å². The van der Waals surface area contributed by atoms with E-state index in [1.807, 2.05) is 0 Å². The number of hydrogen-bond acceptors (Lipinski definition) is 6. The Hall–Kier alpha value is -1.89. The number of fused-ring (bicyclic) bond motifs is 1. The van der Waals surface area contributed by atoms with Crippen molar-refractivity contribution in [3.8, 4) is 5.75 Å². The molecule has 0 aromatic heterocycles. The van der Waals surface area contributed by atoms with Crippen LogP contribution in [0.2, 0.25) is 0 Å². The molecule has 1 aliphatic heterocycles. The van der Waals surface area contributed by atoms with Gasteiger partial charge < -0.3 is 13.6 Å². The second-order valence-electron chi connectivity index (χ2n) is 5.34. The summed E-state index contributed by atoms with van der Waals surface area (Å²) in [5.74, 6) is 0.286. The lowest BCUT2D eigenvalue weighted by atomic mass is 10.1. The van der Waals surface area contributed by atoms with Gasteiger partial charge in [-0.2, -0.15) is 13.2 Å². The molecular formula is C14H11F3NO6S2-. The summed E-state index contributed by atoms with van der Waals surface area (Å²) in [7, 11) is -11.3. The van der Waals surface area contributed by atoms with Gasteiger partial charge in [0.1, 0.15) is 28.5 Å². The van der Waals surface area contributed by atoms with E-state index >= 15 is 0 Å². The highest BCUT2D eigenvalue weighted by atomic mass is 32.3. The number of sulfonamides is 2. The van der Waals surface area contributed by atoms with Crippen LogP contribution in [0.1, 0.15) is 0 Å². The predicted molar refractivity (Wildman–Crippen MR) is 84.7 cm³/mol. The Kier molecular flexibility index (Phi) is 4.63. The van der Waals surface area contributed by atoms with Crippen LogP contribution < -0.4 is 4.74 Å². The second kappa shape index (κ2) is 6.37. The Morgan fingerprint density at radius 3 is 2.31 bits per heavy atom. The van der Waals surface area contributed by atoms with Crippen molar-refractivity contribution in [2.24, 2.45) is 0 Å². The largest absolute Gasteiger partial charge is 0.490 e. The average molecular weight is 410 g/mol. The molecule has 12 heteroatoms. The molecule has 7 nitrogen and oxygen atoms in total. The average Bonchev–Trinajstić information content (AvgIpc) is 3.34. The Labute approximate surface area is 146 Å². The smallest absolute Gasteiger partial charge is 0.480 e. The van der Waals surface area contributed by atoms with E-state index in [0.29, 0.717) is 6.61 Å². The highest BCUT2D eigenvalue weighted by Gasteiger charge is 2.40. The molecule has 0 spiro atoms. The Morgan fingerprint density at radius 1 is 1.08 bits per heavy atom. The number of ether oxygens (including phenoxy) is 2. The standard InChI is InChI=1S/C14H11F3NO6S2/c15-14(16,17)26(21,22)18-25(19,20)13-6-2-3-10-11(13)4-1-5-12(10)24-8-9-7-23-9/h1-6,9H,7-8H2/q-1. The first-order valence-corrected chi connectivity index (χ1v) is 9.96. The number of hydrogen-bond donors (Lipinski definition) is 0. The van der Waals surface area contributed by atoms with Gasteiger partial charge in [0.15, 0.2) is 10.0 Å². The monoisotopic (exact) mass is 410 g/mol. The highest BCUT2D eigenvalue weighted by Crippen LogP contribution is 2.36. The molecule has 1 heterocycles. The summed E-state index contributed by atoms with van der Waals surface area (Å²) in [6.07, 6.45) is -0.0656. The zero-order valence-electron chi connectivity index (χ0n) is 12.8. The first-order valence-electron chi connectivity index (χ1n) is 7.08. The van der Waals surface area contributed by atoms with Crippen molar-refractivity contribution in [1.82, 2.24) is 0 Å². The van der Waals surface area contributed by atoms with Gasteiger partial charge in [0.05, 0.1) is 11.5 Å². The van der Waals surface area contributed by atoms with E-state index in [4.69, 9.17) is 9.47 Å². The van der Waals surface area contributed by atoms with Crippen molar-refractivity contribution in [2.45, 2.75) is 16.5 Å². The van der Waals surface area contributed by atoms with Crippen molar-refractivity contribution in [3.05, 3.63) is 40.5 Å². The van der Waals surface area contributed by atoms with Crippen LogP contribution in [0.15, 0.2) is 41.3 Å². The van der Waals surface area contributed by atoms with Gasteiger partial charge in [-0.25, -0.2) is 16.8 Å². The van der Waals surface area contributed by atoms with Gasteiger partial charge in [0.2, 0.25) is 0 Å². The normalized spacial score (nSPS) is 18.0. The molecule has 1 saturated heterocycles. The predicted octanol–water partition coefficient (Wildman–Crippen LogP) is 2.53. The fourth-order valence-electron chi connectivity index (χ4n) is 2.16. The lowest BCUT2D eigenvalue weighted by molar-refractivity contribution is -0.0425. The summed E-state index contributed by atoms with van der Waals surface area (Å²) in [5.41, 5.74) is -5.82. The molecule has 3 rings (SSSR count). The van der Waals surface area contributed by atoms with Gasteiger partial charge >= 0.3 is 5.51 Å². The van der Waals surface area contributed by atoms with Gasteiger partial charge in [0.25, 0.3) is 0 Å². The van der Waals surface area contributed by atoms with Gasteiger partial charge in [-0.05, 0) is 12.1 Å². The van der Waals surface area contributed by atoms with Crippen LogP contribution in [0.4, 0.5) is 13.2 Å². The minimum absolute atomic E-state index is 0.0113. The topological polar surface area (TPSA) is 104 Å². The van der Waals surface area contributed by atoms with Crippen molar-refractivity contribution in [2.75, 3.05) is 13.2 Å². The molecule has 0 N–H and O–H groups in total. The Balaban J connectivity index is 2.03. The van der Waals surface area contributed by atoms with Gasteiger partial charge in [0, 0.05) is 10.8 Å². The maximum absolute atomic E-state index is 12.5. The Bertz CT molecular complexity index is 1050. The molecular weight excluding hydrogens is 399 g/mol. The summed E-state index contributed by atoms with van der Waals surface area (Å²) in [6.45, 7) is 0.765. The third-order valence-electron chi connectivity index (χ3n) is 3.44. The number of alkyl halides is 3. The minimum Gasteiger partial charge on any atom is -0.490 e. The van der Waals surface area contributed by atoms with E-state index < -0.39 is 30.5 Å². The van der Waals surface area contributed by atoms with Crippen LogP contribution in [0.25, 0.3) is 14.9 Å². The zero-order valence-corrected chi connectivity index (χ0v) is 14.4. The van der Waals surface area contributed by atoms with Crippen molar-refractivity contribution in [1.29, 1.82) is 0 Å². The first kappa shape index (κ1) is 18.9. The molecule has 0 amide bonds. The summed E-state index contributed by atoms with van der Waals surface area (Å²) < 4.78 is 96.6. The molecule has 142 valence electrons. The number of nitrogens with zero attached hydrogens (tertiary/aromatic N) is 1. The third-order valence-corrected chi connectivity index (χ3v) is 6.50. The quantitative estimate of drug-likeness (QED) is 0.678. The number of rotatable bonds is 6. The third kappa shape index (κ3) is 3.77. The molecule has 26 heavy (non-hydrogen) atoms. The van der Waals surface area contributed by atoms with Crippen LogP contribution in [-0.2, 0) is 24.8 Å². The molecule has 0 saturated carbocycles. The van der Waals surface area contributed by atoms with Gasteiger partial charge in [-0.3, -0.25) is 0 Å². The molecule has 0 bridgehead atoms. The van der Waals surface area contributed by atoms with E-state index in [-0.39, 0.29) is 29.2 Å². The van der Waals surface area contributed by atoms with Gasteiger partial charge in [-0.1, -0.05) is 24.3 Å². The highest BCUT2D eigenvalue weighted by molar-refractivity contribution is 8.12.